The van der Waals surface area contributed by atoms with Crippen LogP contribution in [0.15, 0.2) is 56.8 Å². The van der Waals surface area contributed by atoms with Crippen molar-refractivity contribution in [2.45, 2.75) is 0 Å². The fourth-order valence-electron chi connectivity index (χ4n) is 2.58. The van der Waals surface area contributed by atoms with Gasteiger partial charge in [0.05, 0.1) is 32.0 Å². The maximum Gasteiger partial charge on any atom is 0.427 e. The highest BCUT2D eigenvalue weighted by atomic mass is 32.1. The molecule has 0 aliphatic carbocycles. The summed E-state index contributed by atoms with van der Waals surface area (Å²) in [5, 5.41) is 37.8. The Balaban J connectivity index is 1.71. The smallest absolute Gasteiger partial charge is 0.427 e. The van der Waals surface area contributed by atoms with Crippen molar-refractivity contribution in [1.29, 1.82) is 0 Å². The Labute approximate surface area is 244 Å². The number of carbonyl (C=O) groups excluding carboxylic acids is 3. The predicted octanol–water partition coefficient (Wildman–Crippen LogP) is 1.04. The van der Waals surface area contributed by atoms with Crippen LogP contribution in [-0.2, 0) is 14.2 Å². The van der Waals surface area contributed by atoms with Gasteiger partial charge in [-0.15, -0.1) is 0 Å². The van der Waals surface area contributed by atoms with Gasteiger partial charge >= 0.3 is 18.3 Å². The van der Waals surface area contributed by atoms with Gasteiger partial charge in [-0.1, -0.05) is 0 Å². The second-order valence-electron chi connectivity index (χ2n) is 7.46. The summed E-state index contributed by atoms with van der Waals surface area (Å²) < 4.78 is 14.1. The summed E-state index contributed by atoms with van der Waals surface area (Å²) in [5.41, 5.74) is 10.5. The van der Waals surface area contributed by atoms with Crippen LogP contribution in [-0.4, -0.2) is 85.8 Å². The summed E-state index contributed by atoms with van der Waals surface area (Å²) in [6.45, 7) is -0.559. The molecule has 17 nitrogen and oxygen atoms in total. The van der Waals surface area contributed by atoms with E-state index in [9.17, 15) is 24.6 Å². The van der Waals surface area contributed by atoms with E-state index < -0.39 is 18.3 Å². The number of rotatable bonds is 11. The van der Waals surface area contributed by atoms with Crippen molar-refractivity contribution in [2.75, 3.05) is 27.4 Å². The van der Waals surface area contributed by atoms with Crippen molar-refractivity contribution in [3.63, 3.8) is 0 Å². The Morgan fingerprint density at radius 1 is 0.738 bits per heavy atom. The monoisotopic (exact) mass is 601 g/mol. The lowest BCUT2D eigenvalue weighted by atomic mass is 10.1. The number of benzene rings is 2. The SMILES string of the molecule is CNC(=S)N/N=C/c1cc(/C=N/NC(=O)OCCOC(=O)N/N=C/c2cc(/C=N/NC(=O)OC)ccc2O)ccc1O. The van der Waals surface area contributed by atoms with Crippen molar-refractivity contribution in [2.24, 2.45) is 20.4 Å². The van der Waals surface area contributed by atoms with Gasteiger partial charge in [-0.2, -0.15) is 20.4 Å². The maximum atomic E-state index is 11.8. The van der Waals surface area contributed by atoms with Crippen LogP contribution >= 0.6 is 12.2 Å². The molecule has 0 radical (unpaired) electrons. The van der Waals surface area contributed by atoms with E-state index in [1.165, 1.54) is 50.0 Å². The third-order valence-electron chi connectivity index (χ3n) is 4.53. The number of methoxy groups -OCH3 is 1. The molecule has 0 atom stereocenters. The number of thiocarbonyl (C=S) groups is 1. The minimum atomic E-state index is -0.942. The largest absolute Gasteiger partial charge is 0.507 e. The summed E-state index contributed by atoms with van der Waals surface area (Å²) in [4.78, 5) is 34.5. The molecule has 0 saturated heterocycles. The Hall–Kier alpha value is -5.78. The number of amides is 3. The zero-order valence-electron chi connectivity index (χ0n) is 22.2. The third kappa shape index (κ3) is 12.4. The zero-order valence-corrected chi connectivity index (χ0v) is 23.0. The summed E-state index contributed by atoms with van der Waals surface area (Å²) in [6.07, 6.45) is 2.53. The second kappa shape index (κ2) is 17.7. The predicted molar refractivity (Wildman–Crippen MR) is 156 cm³/mol. The standard InChI is InChI=1S/C24H27N9O8S/c1-25-21(42)30-28-13-17-9-16(4-5-19(17)34)12-27-32-23(37)40-7-8-41-24(38)33-29-14-18-10-15(3-6-20(18)35)11-26-31-22(36)39-2/h3-6,9-14,34-35H,7-8H2,1-2H3,(H,31,36)(H,32,37)(H,33,38)(H2,25,30,42)/b26-11+,27-12+,28-13+,29-14+. The van der Waals surface area contributed by atoms with Crippen LogP contribution in [0.1, 0.15) is 22.3 Å². The van der Waals surface area contributed by atoms with Crippen molar-refractivity contribution in [3.8, 4) is 11.5 Å². The number of carbonyl (C=O) groups is 3. The van der Waals surface area contributed by atoms with E-state index in [4.69, 9.17) is 21.7 Å². The highest BCUT2D eigenvalue weighted by Gasteiger charge is 2.05. The summed E-state index contributed by atoms with van der Waals surface area (Å²) >= 11 is 4.89. The Kier molecular flexibility index (Phi) is 13.7. The van der Waals surface area contributed by atoms with Crippen LogP contribution in [0.3, 0.4) is 0 Å². The lowest BCUT2D eigenvalue weighted by Gasteiger charge is -2.05. The number of phenols is 2. The van der Waals surface area contributed by atoms with E-state index in [1.807, 2.05) is 0 Å². The molecule has 0 saturated carbocycles. The molecule has 2 aromatic carbocycles. The van der Waals surface area contributed by atoms with Crippen LogP contribution in [0.25, 0.3) is 0 Å². The average Bonchev–Trinajstić information content (AvgIpc) is 2.98. The fourth-order valence-corrected chi connectivity index (χ4v) is 2.63. The van der Waals surface area contributed by atoms with Gasteiger partial charge in [-0.3, -0.25) is 5.43 Å². The Morgan fingerprint density at radius 2 is 1.17 bits per heavy atom. The van der Waals surface area contributed by atoms with Gasteiger partial charge in [-0.05, 0) is 59.7 Å². The molecule has 18 heteroatoms. The van der Waals surface area contributed by atoms with Crippen molar-refractivity contribution < 1.29 is 38.8 Å². The molecule has 0 aromatic heterocycles. The molecule has 0 fully saturated rings. The van der Waals surface area contributed by atoms with Crippen LogP contribution in [0.2, 0.25) is 0 Å². The van der Waals surface area contributed by atoms with Crippen LogP contribution < -0.4 is 27.0 Å². The molecule has 2 rings (SSSR count). The van der Waals surface area contributed by atoms with E-state index in [-0.39, 0.29) is 30.3 Å². The number of hydrazone groups is 4. The summed E-state index contributed by atoms with van der Waals surface area (Å²) in [6, 6.07) is 8.92. The van der Waals surface area contributed by atoms with Gasteiger partial charge in [0.2, 0.25) is 0 Å². The average molecular weight is 602 g/mol. The van der Waals surface area contributed by atoms with Gasteiger partial charge in [0.1, 0.15) is 24.7 Å². The number of hydrogen-bond donors (Lipinski definition) is 7. The molecule has 2 aromatic rings. The van der Waals surface area contributed by atoms with Crippen LogP contribution in [0.4, 0.5) is 14.4 Å². The van der Waals surface area contributed by atoms with Gasteiger partial charge in [0.15, 0.2) is 5.11 Å². The maximum absolute atomic E-state index is 11.8. The minimum Gasteiger partial charge on any atom is -0.507 e. The van der Waals surface area contributed by atoms with Crippen molar-refractivity contribution in [3.05, 3.63) is 58.7 Å². The van der Waals surface area contributed by atoms with Crippen LogP contribution in [0.5, 0.6) is 11.5 Å². The first-order valence-electron chi connectivity index (χ1n) is 11.7. The van der Waals surface area contributed by atoms with Crippen molar-refractivity contribution >= 4 is 60.5 Å². The molecular formula is C24H27N9O8S. The quantitative estimate of drug-likeness (QED) is 0.0632. The molecule has 3 amide bonds. The number of nitrogens with one attached hydrogen (secondary N) is 5. The van der Waals surface area contributed by atoms with E-state index in [2.05, 4.69) is 52.2 Å². The highest BCUT2D eigenvalue weighted by Crippen LogP contribution is 2.16. The van der Waals surface area contributed by atoms with Crippen LogP contribution in [0, 0.1) is 0 Å². The molecule has 0 spiro atoms. The third-order valence-corrected chi connectivity index (χ3v) is 4.83. The molecular weight excluding hydrogens is 574 g/mol. The molecule has 222 valence electrons. The number of nitrogens with zero attached hydrogens (tertiary/aromatic N) is 4. The summed E-state index contributed by atoms with van der Waals surface area (Å²) in [5.74, 6) is -0.157. The number of aromatic hydroxyl groups is 2. The van der Waals surface area contributed by atoms with E-state index in [0.29, 0.717) is 21.8 Å². The molecule has 0 aliphatic heterocycles. The highest BCUT2D eigenvalue weighted by molar-refractivity contribution is 7.80. The van der Waals surface area contributed by atoms with Gasteiger partial charge in [0, 0.05) is 18.2 Å². The normalized spacial score (nSPS) is 11.0. The van der Waals surface area contributed by atoms with E-state index in [0.717, 1.165) is 6.21 Å². The molecule has 0 bridgehead atoms. The zero-order chi connectivity index (χ0) is 30.7. The van der Waals surface area contributed by atoms with Gasteiger partial charge in [-0.25, -0.2) is 30.7 Å². The van der Waals surface area contributed by atoms with Gasteiger partial charge in [0.25, 0.3) is 0 Å². The van der Waals surface area contributed by atoms with E-state index in [1.54, 1.807) is 19.2 Å². The van der Waals surface area contributed by atoms with Gasteiger partial charge < -0.3 is 29.7 Å². The van der Waals surface area contributed by atoms with E-state index >= 15 is 0 Å². The first kappa shape index (κ1) is 32.4. The van der Waals surface area contributed by atoms with Crippen molar-refractivity contribution in [1.82, 2.24) is 27.0 Å². The molecule has 42 heavy (non-hydrogen) atoms. The Bertz CT molecular complexity index is 1380. The minimum absolute atomic E-state index is 0.0284. The second-order valence-corrected chi connectivity index (χ2v) is 7.87. The molecule has 0 heterocycles. The first-order chi connectivity index (χ1) is 20.2. The fraction of sp³-hybridized carbons (Fsp3) is 0.167. The Morgan fingerprint density at radius 3 is 1.62 bits per heavy atom. The molecule has 0 unspecified atom stereocenters. The number of ether oxygens (including phenoxy) is 3. The topological polar surface area (TPSA) is 229 Å². The number of phenolic OH excluding ortho intramolecular Hbond substituents is 2. The lowest BCUT2D eigenvalue weighted by molar-refractivity contribution is 0.0961. The summed E-state index contributed by atoms with van der Waals surface area (Å²) in [7, 11) is 2.82. The molecule has 7 N–H and O–H groups in total. The number of hydrogen-bond acceptors (Lipinski definition) is 13. The molecule has 0 aliphatic rings. The lowest BCUT2D eigenvalue weighted by Crippen LogP contribution is -2.28. The first-order valence-corrected chi connectivity index (χ1v) is 12.1.